The zero-order chi connectivity index (χ0) is 22.1. The van der Waals surface area contributed by atoms with Gasteiger partial charge in [0.2, 0.25) is 0 Å². The van der Waals surface area contributed by atoms with Crippen molar-refractivity contribution >= 4 is 46.3 Å². The molecule has 1 amide bonds. The number of anilines is 1. The van der Waals surface area contributed by atoms with E-state index in [9.17, 15) is 14.7 Å². The summed E-state index contributed by atoms with van der Waals surface area (Å²) in [6.45, 7) is 0. The highest BCUT2D eigenvalue weighted by atomic mass is 35.5. The summed E-state index contributed by atoms with van der Waals surface area (Å²) in [5, 5.41) is 11.8. The zero-order valence-corrected chi connectivity index (χ0v) is 17.9. The van der Waals surface area contributed by atoms with Crippen molar-refractivity contribution in [2.45, 2.75) is 6.04 Å². The average molecular weight is 454 g/mol. The molecule has 156 valence electrons. The number of nitrogens with zero attached hydrogens (tertiary/aromatic N) is 1. The molecular weight excluding hydrogens is 437 g/mol. The lowest BCUT2D eigenvalue weighted by Crippen LogP contribution is -2.29. The highest BCUT2D eigenvalue weighted by Gasteiger charge is 2.47. The molecule has 7 heteroatoms. The summed E-state index contributed by atoms with van der Waals surface area (Å²) in [5.41, 5.74) is 1.39. The van der Waals surface area contributed by atoms with Gasteiger partial charge in [0.15, 0.2) is 0 Å². The number of benzene rings is 3. The minimum atomic E-state index is -0.833. The smallest absolute Gasteiger partial charge is 0.300 e. The normalized spacial score (nSPS) is 17.8. The molecule has 0 aliphatic carbocycles. The van der Waals surface area contributed by atoms with Gasteiger partial charge in [-0.1, -0.05) is 59.6 Å². The third-order valence-corrected chi connectivity index (χ3v) is 5.60. The van der Waals surface area contributed by atoms with E-state index >= 15 is 0 Å². The average Bonchev–Trinajstić information content (AvgIpc) is 3.04. The van der Waals surface area contributed by atoms with Crippen molar-refractivity contribution in [1.82, 2.24) is 0 Å². The summed E-state index contributed by atoms with van der Waals surface area (Å²) in [7, 11) is 1.48. The first-order valence-corrected chi connectivity index (χ1v) is 10.1. The van der Waals surface area contributed by atoms with Gasteiger partial charge in [-0.25, -0.2) is 0 Å². The van der Waals surface area contributed by atoms with Gasteiger partial charge in [0.25, 0.3) is 11.7 Å². The Balaban J connectivity index is 1.93. The molecule has 1 aliphatic heterocycles. The molecule has 1 heterocycles. The predicted molar refractivity (Wildman–Crippen MR) is 121 cm³/mol. The van der Waals surface area contributed by atoms with Gasteiger partial charge < -0.3 is 9.84 Å². The lowest BCUT2D eigenvalue weighted by atomic mass is 9.95. The van der Waals surface area contributed by atoms with Crippen LogP contribution < -0.4 is 9.64 Å². The van der Waals surface area contributed by atoms with Crippen molar-refractivity contribution in [3.63, 3.8) is 0 Å². The van der Waals surface area contributed by atoms with Crippen LogP contribution in [0, 0.1) is 0 Å². The van der Waals surface area contributed by atoms with Gasteiger partial charge in [-0.15, -0.1) is 0 Å². The maximum absolute atomic E-state index is 13.1. The Kier molecular flexibility index (Phi) is 5.72. The molecule has 4 rings (SSSR count). The summed E-state index contributed by atoms with van der Waals surface area (Å²) in [6.07, 6.45) is 0. The monoisotopic (exact) mass is 453 g/mol. The largest absolute Gasteiger partial charge is 0.507 e. The number of halogens is 2. The molecule has 5 nitrogen and oxygen atoms in total. The Bertz CT molecular complexity index is 1210. The molecule has 0 saturated carbocycles. The molecule has 1 aliphatic rings. The molecule has 0 bridgehead atoms. The number of methoxy groups -OCH3 is 1. The van der Waals surface area contributed by atoms with Crippen LogP contribution in [-0.2, 0) is 9.59 Å². The lowest BCUT2D eigenvalue weighted by molar-refractivity contribution is -0.132. The molecule has 31 heavy (non-hydrogen) atoms. The second-order valence-electron chi connectivity index (χ2n) is 6.91. The van der Waals surface area contributed by atoms with Crippen molar-refractivity contribution in [3.05, 3.63) is 99.5 Å². The van der Waals surface area contributed by atoms with Crippen molar-refractivity contribution in [2.75, 3.05) is 12.0 Å². The molecule has 1 fully saturated rings. The zero-order valence-electron chi connectivity index (χ0n) is 16.4. The number of hydrogen-bond acceptors (Lipinski definition) is 4. The minimum absolute atomic E-state index is 0.0302. The van der Waals surface area contributed by atoms with Crippen molar-refractivity contribution in [1.29, 1.82) is 0 Å². The second-order valence-corrected chi connectivity index (χ2v) is 7.75. The van der Waals surface area contributed by atoms with Crippen LogP contribution in [0.15, 0.2) is 78.4 Å². The van der Waals surface area contributed by atoms with Crippen molar-refractivity contribution in [2.24, 2.45) is 0 Å². The van der Waals surface area contributed by atoms with E-state index in [0.717, 1.165) is 0 Å². The van der Waals surface area contributed by atoms with Gasteiger partial charge in [-0.2, -0.15) is 0 Å². The van der Waals surface area contributed by atoms with Crippen LogP contribution in [0.4, 0.5) is 5.69 Å². The van der Waals surface area contributed by atoms with Gasteiger partial charge in [-0.05, 0) is 42.0 Å². The van der Waals surface area contributed by atoms with E-state index in [4.69, 9.17) is 27.9 Å². The number of ether oxygens (including phenoxy) is 1. The quantitative estimate of drug-likeness (QED) is 0.315. The predicted octanol–water partition coefficient (Wildman–Crippen LogP) is 5.63. The first-order chi connectivity index (χ1) is 14.9. The standard InChI is InChI=1S/C24H17Cl2NO4/c1-31-19-11-10-15(12-18(19)26)22(28)20-21(14-6-3-2-4-7-14)27(24(30)23(20)29)17-9-5-8-16(25)13-17/h2-13,21,28H,1H3/b22-20+. The number of amides is 1. The lowest BCUT2D eigenvalue weighted by Gasteiger charge is -2.25. The van der Waals surface area contributed by atoms with Crippen LogP contribution >= 0.6 is 23.2 Å². The molecule has 1 N–H and O–H groups in total. The first-order valence-electron chi connectivity index (χ1n) is 9.38. The van der Waals surface area contributed by atoms with E-state index in [2.05, 4.69) is 0 Å². The van der Waals surface area contributed by atoms with Gasteiger partial charge in [0, 0.05) is 16.3 Å². The molecular formula is C24H17Cl2NO4. The number of aliphatic hydroxyl groups excluding tert-OH is 1. The number of carbonyl (C=O) groups excluding carboxylic acids is 2. The van der Waals surface area contributed by atoms with Crippen LogP contribution in [0.25, 0.3) is 5.76 Å². The molecule has 1 atom stereocenters. The number of ketones is 1. The fraction of sp³-hybridized carbons (Fsp3) is 0.0833. The number of hydrogen-bond donors (Lipinski definition) is 1. The van der Waals surface area contributed by atoms with Crippen molar-refractivity contribution in [3.8, 4) is 5.75 Å². The Hall–Kier alpha value is -3.28. The molecule has 0 radical (unpaired) electrons. The number of aliphatic hydroxyl groups is 1. The minimum Gasteiger partial charge on any atom is -0.507 e. The van der Waals surface area contributed by atoms with Crippen molar-refractivity contribution < 1.29 is 19.4 Å². The van der Waals surface area contributed by atoms with Crippen LogP contribution in [0.5, 0.6) is 5.75 Å². The molecule has 3 aromatic carbocycles. The topological polar surface area (TPSA) is 66.8 Å². The van der Waals surface area contributed by atoms with Gasteiger partial charge in [0.05, 0.1) is 23.7 Å². The summed E-state index contributed by atoms with van der Waals surface area (Å²) >= 11 is 12.3. The number of rotatable bonds is 4. The fourth-order valence-corrected chi connectivity index (χ4v) is 4.09. The number of carbonyl (C=O) groups is 2. The highest BCUT2D eigenvalue weighted by molar-refractivity contribution is 6.51. The highest BCUT2D eigenvalue weighted by Crippen LogP contribution is 2.43. The Morgan fingerprint density at radius 1 is 0.968 bits per heavy atom. The maximum atomic E-state index is 13.1. The van der Waals surface area contributed by atoms with Crippen LogP contribution in [0.1, 0.15) is 17.2 Å². The molecule has 0 spiro atoms. The van der Waals surface area contributed by atoms with Crippen LogP contribution in [0.2, 0.25) is 10.0 Å². The summed E-state index contributed by atoms with van der Waals surface area (Å²) < 4.78 is 5.15. The summed E-state index contributed by atoms with van der Waals surface area (Å²) in [5.74, 6) is -1.44. The van der Waals surface area contributed by atoms with Crippen LogP contribution in [-0.4, -0.2) is 23.9 Å². The van der Waals surface area contributed by atoms with Gasteiger partial charge in [-0.3, -0.25) is 14.5 Å². The molecule has 3 aromatic rings. The Morgan fingerprint density at radius 3 is 2.35 bits per heavy atom. The van der Waals surface area contributed by atoms with E-state index in [1.54, 1.807) is 60.7 Å². The van der Waals surface area contributed by atoms with E-state index in [1.807, 2.05) is 6.07 Å². The van der Waals surface area contributed by atoms with E-state index in [-0.39, 0.29) is 16.4 Å². The summed E-state index contributed by atoms with van der Waals surface area (Å²) in [4.78, 5) is 27.5. The molecule has 1 unspecified atom stereocenters. The van der Waals surface area contributed by atoms with Gasteiger partial charge >= 0.3 is 0 Å². The van der Waals surface area contributed by atoms with Gasteiger partial charge in [0.1, 0.15) is 11.5 Å². The SMILES string of the molecule is COc1ccc(/C(O)=C2\C(=O)C(=O)N(c3cccc(Cl)c3)C2c2ccccc2)cc1Cl. The van der Waals surface area contributed by atoms with E-state index in [1.165, 1.54) is 18.1 Å². The molecule has 0 aromatic heterocycles. The third kappa shape index (κ3) is 3.78. The maximum Gasteiger partial charge on any atom is 0.300 e. The van der Waals surface area contributed by atoms with Crippen LogP contribution in [0.3, 0.4) is 0 Å². The second kappa shape index (κ2) is 8.46. The Morgan fingerprint density at radius 2 is 1.71 bits per heavy atom. The number of Topliss-reactive ketones (excluding diaryl/α,β-unsaturated/α-hetero) is 1. The first kappa shape index (κ1) is 21.0. The fourth-order valence-electron chi connectivity index (χ4n) is 3.64. The third-order valence-electron chi connectivity index (χ3n) is 5.07. The summed E-state index contributed by atoms with van der Waals surface area (Å²) in [6, 6.07) is 19.5. The van der Waals surface area contributed by atoms with E-state index in [0.29, 0.717) is 27.6 Å². The Labute approximate surface area is 189 Å². The molecule has 1 saturated heterocycles. The van der Waals surface area contributed by atoms with E-state index < -0.39 is 17.7 Å².